The van der Waals surface area contributed by atoms with Gasteiger partial charge in [0.2, 0.25) is 0 Å². The summed E-state index contributed by atoms with van der Waals surface area (Å²) in [5.41, 5.74) is 0. The highest BCUT2D eigenvalue weighted by atomic mass is 16.5. The second kappa shape index (κ2) is 1.95. The van der Waals surface area contributed by atoms with Crippen molar-refractivity contribution in [2.45, 2.75) is 18.9 Å². The topological polar surface area (TPSA) is 46.5 Å². The third kappa shape index (κ3) is 0.736. The molecule has 0 unspecified atom stereocenters. The van der Waals surface area contributed by atoms with Gasteiger partial charge < -0.3 is 9.84 Å². The Bertz CT molecular complexity index is 154. The number of hydrogen-bond donors (Lipinski definition) is 1. The van der Waals surface area contributed by atoms with Crippen molar-refractivity contribution in [3.8, 4) is 0 Å². The van der Waals surface area contributed by atoms with E-state index in [1.807, 2.05) is 0 Å². The molecule has 1 saturated heterocycles. The molecule has 56 valence electrons. The number of aliphatic carboxylic acids is 1. The maximum Gasteiger partial charge on any atom is 0.309 e. The van der Waals surface area contributed by atoms with Crippen molar-refractivity contribution < 1.29 is 14.6 Å². The van der Waals surface area contributed by atoms with E-state index >= 15 is 0 Å². The fourth-order valence-corrected chi connectivity index (χ4v) is 1.78. The molecule has 1 heterocycles. The highest BCUT2D eigenvalue weighted by Gasteiger charge is 2.57. The van der Waals surface area contributed by atoms with Crippen molar-refractivity contribution in [3.63, 3.8) is 0 Å². The molecule has 0 aromatic rings. The molecule has 0 aromatic carbocycles. The molecule has 0 bridgehead atoms. The van der Waals surface area contributed by atoms with Crippen LogP contribution in [0.4, 0.5) is 0 Å². The molecular weight excluding hydrogens is 132 g/mol. The molecule has 3 nitrogen and oxygen atoms in total. The van der Waals surface area contributed by atoms with Gasteiger partial charge in [0.05, 0.1) is 12.0 Å². The summed E-state index contributed by atoms with van der Waals surface area (Å²) in [4.78, 5) is 10.4. The van der Waals surface area contributed by atoms with E-state index in [1.54, 1.807) is 0 Å². The van der Waals surface area contributed by atoms with E-state index in [0.717, 1.165) is 19.4 Å². The average Bonchev–Trinajstić information content (AvgIpc) is 2.60. The van der Waals surface area contributed by atoms with Gasteiger partial charge in [-0.2, -0.15) is 0 Å². The lowest BCUT2D eigenvalue weighted by atomic mass is 10.2. The van der Waals surface area contributed by atoms with Gasteiger partial charge in [-0.1, -0.05) is 0 Å². The summed E-state index contributed by atoms with van der Waals surface area (Å²) in [6.45, 7) is 0.755. The average molecular weight is 142 g/mol. The van der Waals surface area contributed by atoms with E-state index in [1.165, 1.54) is 0 Å². The van der Waals surface area contributed by atoms with Crippen molar-refractivity contribution in [2.75, 3.05) is 6.61 Å². The fraction of sp³-hybridized carbons (Fsp3) is 0.857. The number of rotatable bonds is 1. The summed E-state index contributed by atoms with van der Waals surface area (Å²) >= 11 is 0. The third-order valence-electron chi connectivity index (χ3n) is 2.37. The van der Waals surface area contributed by atoms with Crippen molar-refractivity contribution in [3.05, 3.63) is 0 Å². The first-order valence-corrected chi connectivity index (χ1v) is 3.65. The van der Waals surface area contributed by atoms with Gasteiger partial charge in [0, 0.05) is 12.5 Å². The molecule has 1 saturated carbocycles. The molecule has 1 N–H and O–H groups in total. The van der Waals surface area contributed by atoms with Gasteiger partial charge in [-0.05, 0) is 12.8 Å². The normalized spacial score (nSPS) is 44.2. The van der Waals surface area contributed by atoms with Gasteiger partial charge in [-0.15, -0.1) is 0 Å². The van der Waals surface area contributed by atoms with Gasteiger partial charge in [-0.3, -0.25) is 4.79 Å². The monoisotopic (exact) mass is 142 g/mol. The summed E-state index contributed by atoms with van der Waals surface area (Å²) in [5, 5.41) is 8.60. The second-order valence-corrected chi connectivity index (χ2v) is 3.01. The first-order chi connectivity index (χ1) is 4.80. The molecule has 3 atom stereocenters. The smallest absolute Gasteiger partial charge is 0.309 e. The maximum atomic E-state index is 10.4. The van der Waals surface area contributed by atoms with Crippen LogP contribution < -0.4 is 0 Å². The first-order valence-electron chi connectivity index (χ1n) is 3.65. The molecule has 0 radical (unpaired) electrons. The standard InChI is InChI=1S/C7H10O3/c8-7(9)5-4-2-1-3-10-6(4)5/h4-6H,1-3H2,(H,8,9)/t4-,5-,6-/m0/s1. The van der Waals surface area contributed by atoms with E-state index in [-0.39, 0.29) is 12.0 Å². The molecule has 2 fully saturated rings. The van der Waals surface area contributed by atoms with Crippen molar-refractivity contribution in [1.29, 1.82) is 0 Å². The summed E-state index contributed by atoms with van der Waals surface area (Å²) in [5.74, 6) is -0.523. The molecule has 2 aliphatic rings. The maximum absolute atomic E-state index is 10.4. The molecule has 3 heteroatoms. The van der Waals surface area contributed by atoms with Crippen LogP contribution in [-0.2, 0) is 9.53 Å². The Kier molecular flexibility index (Phi) is 1.20. The van der Waals surface area contributed by atoms with Gasteiger partial charge >= 0.3 is 5.97 Å². The first kappa shape index (κ1) is 6.16. The molecule has 0 aromatic heterocycles. The Balaban J connectivity index is 1.99. The number of carboxylic acid groups (broad SMARTS) is 1. The minimum atomic E-state index is -0.683. The van der Waals surface area contributed by atoms with Crippen LogP contribution in [0.5, 0.6) is 0 Å². The summed E-state index contributed by atoms with van der Waals surface area (Å²) in [7, 11) is 0. The van der Waals surface area contributed by atoms with Crippen molar-refractivity contribution >= 4 is 5.97 Å². The van der Waals surface area contributed by atoms with Crippen LogP contribution >= 0.6 is 0 Å². The van der Waals surface area contributed by atoms with Crippen molar-refractivity contribution in [2.24, 2.45) is 11.8 Å². The largest absolute Gasteiger partial charge is 0.481 e. The Morgan fingerprint density at radius 3 is 2.90 bits per heavy atom. The van der Waals surface area contributed by atoms with E-state index in [2.05, 4.69) is 0 Å². The number of fused-ring (bicyclic) bond motifs is 1. The minimum absolute atomic E-state index is 0.0613. The van der Waals surface area contributed by atoms with Gasteiger partial charge in [0.1, 0.15) is 0 Å². The number of carbonyl (C=O) groups is 1. The second-order valence-electron chi connectivity index (χ2n) is 3.01. The predicted octanol–water partition coefficient (Wildman–Crippen LogP) is 0.496. The highest BCUT2D eigenvalue weighted by molar-refractivity contribution is 5.75. The Morgan fingerprint density at radius 1 is 1.60 bits per heavy atom. The lowest BCUT2D eigenvalue weighted by molar-refractivity contribution is -0.139. The summed E-state index contributed by atoms with van der Waals surface area (Å²) in [6.07, 6.45) is 2.14. The zero-order valence-electron chi connectivity index (χ0n) is 5.62. The van der Waals surface area contributed by atoms with Crippen LogP contribution in [0.2, 0.25) is 0 Å². The van der Waals surface area contributed by atoms with Gasteiger partial charge in [-0.25, -0.2) is 0 Å². The van der Waals surface area contributed by atoms with E-state index < -0.39 is 5.97 Å². The Hall–Kier alpha value is -0.570. The lowest BCUT2D eigenvalue weighted by Gasteiger charge is -2.07. The quantitative estimate of drug-likeness (QED) is 0.579. The summed E-state index contributed by atoms with van der Waals surface area (Å²) < 4.78 is 5.24. The SMILES string of the molecule is O=C(O)[C@H]1[C@@H]2CCCO[C@@H]21. The third-order valence-corrected chi connectivity index (χ3v) is 2.37. The predicted molar refractivity (Wildman–Crippen MR) is 33.6 cm³/mol. The molecule has 2 rings (SSSR count). The van der Waals surface area contributed by atoms with Crippen molar-refractivity contribution in [1.82, 2.24) is 0 Å². The number of carboxylic acids is 1. The Morgan fingerprint density at radius 2 is 2.40 bits per heavy atom. The molecular formula is C7H10O3. The van der Waals surface area contributed by atoms with E-state index in [9.17, 15) is 4.79 Å². The van der Waals surface area contributed by atoms with Crippen LogP contribution in [0, 0.1) is 11.8 Å². The molecule has 1 aliphatic heterocycles. The number of hydrogen-bond acceptors (Lipinski definition) is 2. The van der Waals surface area contributed by atoms with Crippen LogP contribution in [0.25, 0.3) is 0 Å². The molecule has 0 spiro atoms. The zero-order chi connectivity index (χ0) is 7.14. The van der Waals surface area contributed by atoms with Gasteiger partial charge in [0.25, 0.3) is 0 Å². The van der Waals surface area contributed by atoms with E-state index in [0.29, 0.717) is 5.92 Å². The lowest BCUT2D eigenvalue weighted by Crippen LogP contribution is -2.07. The van der Waals surface area contributed by atoms with Crippen LogP contribution in [-0.4, -0.2) is 23.8 Å². The zero-order valence-corrected chi connectivity index (χ0v) is 5.62. The Labute approximate surface area is 59.0 Å². The molecule has 10 heavy (non-hydrogen) atoms. The van der Waals surface area contributed by atoms with E-state index in [4.69, 9.17) is 9.84 Å². The molecule has 0 amide bonds. The van der Waals surface area contributed by atoms with Crippen LogP contribution in [0.3, 0.4) is 0 Å². The van der Waals surface area contributed by atoms with Gasteiger partial charge in [0.15, 0.2) is 0 Å². The number of ether oxygens (including phenoxy) is 1. The van der Waals surface area contributed by atoms with Crippen LogP contribution in [0.1, 0.15) is 12.8 Å². The fourth-order valence-electron chi connectivity index (χ4n) is 1.78. The van der Waals surface area contributed by atoms with Crippen LogP contribution in [0.15, 0.2) is 0 Å². The molecule has 1 aliphatic carbocycles. The highest BCUT2D eigenvalue weighted by Crippen LogP contribution is 2.47. The minimum Gasteiger partial charge on any atom is -0.481 e. The summed E-state index contributed by atoms with van der Waals surface area (Å²) in [6, 6.07) is 0.